The molecule has 172 valence electrons. The molecule has 0 unspecified atom stereocenters. The second-order valence-corrected chi connectivity index (χ2v) is 9.05. The first-order valence-electron chi connectivity index (χ1n) is 10.6. The Morgan fingerprint density at radius 1 is 1.00 bits per heavy atom. The molecule has 0 spiro atoms. The van der Waals surface area contributed by atoms with E-state index >= 15 is 0 Å². The van der Waals surface area contributed by atoms with Gasteiger partial charge < -0.3 is 4.74 Å². The van der Waals surface area contributed by atoms with E-state index in [1.165, 1.54) is 29.0 Å². The van der Waals surface area contributed by atoms with Crippen molar-refractivity contribution >= 4 is 28.1 Å². The molecule has 1 amide bonds. The monoisotopic (exact) mass is 473 g/mol. The Balaban J connectivity index is 1.32. The number of hydrogen-bond donors (Lipinski definition) is 1. The molecule has 0 aliphatic heterocycles. The maximum Gasteiger partial charge on any atom is 0.269 e. The summed E-state index contributed by atoms with van der Waals surface area (Å²) < 4.78 is 5.64. The summed E-state index contributed by atoms with van der Waals surface area (Å²) in [7, 11) is 0. The fourth-order valence-corrected chi connectivity index (χ4v) is 4.25. The van der Waals surface area contributed by atoms with Crippen molar-refractivity contribution in [2.24, 2.45) is 0 Å². The Labute approximate surface area is 201 Å². The molecule has 0 bridgehead atoms. The van der Waals surface area contributed by atoms with Crippen LogP contribution in [0.4, 0.5) is 10.8 Å². The van der Waals surface area contributed by atoms with Crippen LogP contribution in [-0.4, -0.2) is 22.4 Å². The molecule has 0 fully saturated rings. The highest BCUT2D eigenvalue weighted by molar-refractivity contribution is 7.14. The minimum atomic E-state index is -0.450. The van der Waals surface area contributed by atoms with E-state index in [0.29, 0.717) is 16.6 Å². The first-order chi connectivity index (χ1) is 16.3. The van der Waals surface area contributed by atoms with Gasteiger partial charge in [0.25, 0.3) is 11.6 Å². The second-order valence-electron chi connectivity index (χ2n) is 8.19. The van der Waals surface area contributed by atoms with Gasteiger partial charge in [-0.05, 0) is 35.4 Å². The van der Waals surface area contributed by atoms with Crippen molar-refractivity contribution in [2.75, 3.05) is 11.9 Å². The summed E-state index contributed by atoms with van der Waals surface area (Å²) >= 11 is 1.27. The number of nitrogens with zero attached hydrogens (tertiary/aromatic N) is 2. The molecule has 34 heavy (non-hydrogen) atoms. The van der Waals surface area contributed by atoms with Gasteiger partial charge in [0, 0.05) is 28.5 Å². The molecular formula is C26H23N3O4S. The van der Waals surface area contributed by atoms with Gasteiger partial charge in [-0.2, -0.15) is 0 Å². The van der Waals surface area contributed by atoms with Gasteiger partial charge in [0.2, 0.25) is 0 Å². The van der Waals surface area contributed by atoms with Crippen molar-refractivity contribution in [3.8, 4) is 17.0 Å². The molecule has 1 aromatic heterocycles. The number of ether oxygens (including phenoxy) is 1. The van der Waals surface area contributed by atoms with Crippen LogP contribution in [0.15, 0.2) is 84.2 Å². The van der Waals surface area contributed by atoms with Crippen molar-refractivity contribution < 1.29 is 14.5 Å². The van der Waals surface area contributed by atoms with Gasteiger partial charge in [0.05, 0.1) is 10.6 Å². The van der Waals surface area contributed by atoms with Crippen molar-refractivity contribution in [2.45, 2.75) is 19.3 Å². The van der Waals surface area contributed by atoms with E-state index in [0.717, 1.165) is 11.1 Å². The van der Waals surface area contributed by atoms with E-state index in [1.807, 2.05) is 42.5 Å². The molecule has 1 heterocycles. The number of carbonyl (C=O) groups excluding carboxylic acids is 1. The third-order valence-electron chi connectivity index (χ3n) is 5.57. The maximum absolute atomic E-state index is 12.3. The summed E-state index contributed by atoms with van der Waals surface area (Å²) in [5.41, 5.74) is 3.60. The van der Waals surface area contributed by atoms with Crippen LogP contribution in [0, 0.1) is 10.1 Å². The highest BCUT2D eigenvalue weighted by Gasteiger charge is 2.22. The lowest BCUT2D eigenvalue weighted by molar-refractivity contribution is -0.384. The normalized spacial score (nSPS) is 11.1. The van der Waals surface area contributed by atoms with Crippen molar-refractivity contribution in [1.82, 2.24) is 4.98 Å². The van der Waals surface area contributed by atoms with Gasteiger partial charge in [-0.3, -0.25) is 20.2 Å². The number of rotatable bonds is 8. The third kappa shape index (κ3) is 5.29. The predicted molar refractivity (Wildman–Crippen MR) is 133 cm³/mol. The highest BCUT2D eigenvalue weighted by atomic mass is 32.1. The topological polar surface area (TPSA) is 94.4 Å². The van der Waals surface area contributed by atoms with Gasteiger partial charge in [-0.25, -0.2) is 4.98 Å². The standard InChI is InChI=1S/C26H23N3O4S/c1-26(2,19-6-4-3-5-7-19)20-10-14-22(15-11-20)33-16-24(30)28-25-27-23(17-34-25)18-8-12-21(13-9-18)29(31)32/h3-15,17H,16H2,1-2H3,(H,27,28,30). The summed E-state index contributed by atoms with van der Waals surface area (Å²) in [6, 6.07) is 24.1. The fourth-order valence-electron chi connectivity index (χ4n) is 3.51. The third-order valence-corrected chi connectivity index (χ3v) is 6.32. The minimum absolute atomic E-state index is 0.0151. The minimum Gasteiger partial charge on any atom is -0.484 e. The number of non-ortho nitro benzene ring substituents is 1. The highest BCUT2D eigenvalue weighted by Crippen LogP contribution is 2.32. The number of nitrogens with one attached hydrogen (secondary N) is 1. The molecule has 0 aliphatic rings. The molecular weight excluding hydrogens is 450 g/mol. The molecule has 0 aliphatic carbocycles. The molecule has 7 nitrogen and oxygen atoms in total. The Morgan fingerprint density at radius 3 is 2.29 bits per heavy atom. The average molecular weight is 474 g/mol. The Morgan fingerprint density at radius 2 is 1.65 bits per heavy atom. The molecule has 3 aromatic carbocycles. The second kappa shape index (κ2) is 9.84. The predicted octanol–water partition coefficient (Wildman–Crippen LogP) is 6.06. The average Bonchev–Trinajstić information content (AvgIpc) is 3.32. The quantitative estimate of drug-likeness (QED) is 0.248. The van der Waals surface area contributed by atoms with Crippen molar-refractivity contribution in [1.29, 1.82) is 0 Å². The van der Waals surface area contributed by atoms with Gasteiger partial charge in [-0.15, -0.1) is 11.3 Å². The first-order valence-corrected chi connectivity index (χ1v) is 11.5. The molecule has 8 heteroatoms. The summed E-state index contributed by atoms with van der Waals surface area (Å²) in [5.74, 6) is 0.284. The van der Waals surface area contributed by atoms with Gasteiger partial charge in [0.1, 0.15) is 5.75 Å². The summed E-state index contributed by atoms with van der Waals surface area (Å²) in [6.07, 6.45) is 0. The lowest BCUT2D eigenvalue weighted by atomic mass is 9.78. The molecule has 1 N–H and O–H groups in total. The number of nitro benzene ring substituents is 1. The zero-order valence-electron chi connectivity index (χ0n) is 18.7. The van der Waals surface area contributed by atoms with Crippen LogP contribution in [0.25, 0.3) is 11.3 Å². The number of amides is 1. The molecule has 0 saturated heterocycles. The van der Waals surface area contributed by atoms with Crippen LogP contribution in [0.2, 0.25) is 0 Å². The molecule has 0 atom stereocenters. The van der Waals surface area contributed by atoms with Crippen molar-refractivity contribution in [3.63, 3.8) is 0 Å². The van der Waals surface area contributed by atoms with Gasteiger partial charge >= 0.3 is 0 Å². The van der Waals surface area contributed by atoms with E-state index < -0.39 is 4.92 Å². The van der Waals surface area contributed by atoms with Crippen LogP contribution in [-0.2, 0) is 10.2 Å². The van der Waals surface area contributed by atoms with Crippen molar-refractivity contribution in [3.05, 3.63) is 105 Å². The Kier molecular flexibility index (Phi) is 6.70. The van der Waals surface area contributed by atoms with E-state index in [1.54, 1.807) is 17.5 Å². The lowest BCUT2D eigenvalue weighted by Gasteiger charge is -2.26. The molecule has 0 radical (unpaired) electrons. The van der Waals surface area contributed by atoms with E-state index in [-0.39, 0.29) is 23.6 Å². The summed E-state index contributed by atoms with van der Waals surface area (Å²) in [4.78, 5) is 27.0. The number of anilines is 1. The lowest BCUT2D eigenvalue weighted by Crippen LogP contribution is -2.20. The molecule has 0 saturated carbocycles. The smallest absolute Gasteiger partial charge is 0.269 e. The zero-order chi connectivity index (χ0) is 24.1. The number of aromatic nitrogens is 1. The summed E-state index contributed by atoms with van der Waals surface area (Å²) in [6.45, 7) is 4.20. The van der Waals surface area contributed by atoms with E-state index in [4.69, 9.17) is 4.74 Å². The number of thiazole rings is 1. The number of carbonyl (C=O) groups is 1. The largest absolute Gasteiger partial charge is 0.484 e. The van der Waals surface area contributed by atoms with E-state index in [9.17, 15) is 14.9 Å². The van der Waals surface area contributed by atoms with Crippen LogP contribution in [0.1, 0.15) is 25.0 Å². The number of benzene rings is 3. The Hall–Kier alpha value is -4.04. The SMILES string of the molecule is CC(C)(c1ccccc1)c1ccc(OCC(=O)Nc2nc(-c3ccc([N+](=O)[O-])cc3)cs2)cc1. The van der Waals surface area contributed by atoms with E-state index in [2.05, 4.69) is 36.3 Å². The number of nitro groups is 1. The summed E-state index contributed by atoms with van der Waals surface area (Å²) in [5, 5.41) is 15.7. The van der Waals surface area contributed by atoms with Gasteiger partial charge in [0.15, 0.2) is 11.7 Å². The zero-order valence-corrected chi connectivity index (χ0v) is 19.5. The Bertz CT molecular complexity index is 1280. The number of hydrogen-bond acceptors (Lipinski definition) is 6. The first kappa shape index (κ1) is 23.1. The van der Waals surface area contributed by atoms with Crippen LogP contribution in [0.3, 0.4) is 0 Å². The van der Waals surface area contributed by atoms with Crippen LogP contribution < -0.4 is 10.1 Å². The van der Waals surface area contributed by atoms with Crippen LogP contribution in [0.5, 0.6) is 5.75 Å². The fraction of sp³-hybridized carbons (Fsp3) is 0.154. The maximum atomic E-state index is 12.3. The van der Waals surface area contributed by atoms with Gasteiger partial charge in [-0.1, -0.05) is 56.3 Å². The molecule has 4 rings (SSSR count). The van der Waals surface area contributed by atoms with Crippen LogP contribution >= 0.6 is 11.3 Å². The molecule has 4 aromatic rings.